The lowest BCUT2D eigenvalue weighted by Gasteiger charge is -2.19. The van der Waals surface area contributed by atoms with E-state index in [0.717, 1.165) is 16.5 Å². The Morgan fingerprint density at radius 2 is 1.92 bits per heavy atom. The Morgan fingerprint density at radius 3 is 2.31 bits per heavy atom. The second kappa shape index (κ2) is 3.93. The predicted octanol–water partition coefficient (Wildman–Crippen LogP) is 3.64. The average molecular weight is 238 g/mol. The Hall–Kier alpha value is -0.810. The highest BCUT2D eigenvalue weighted by molar-refractivity contribution is 9.10. The lowest BCUT2D eigenvalue weighted by atomic mass is 9.82. The van der Waals surface area contributed by atoms with Crippen molar-refractivity contribution in [2.75, 3.05) is 0 Å². The predicted molar refractivity (Wildman–Crippen MR) is 57.4 cm³/mol. The number of hydrogen-bond donors (Lipinski definition) is 0. The van der Waals surface area contributed by atoms with Gasteiger partial charge in [0.1, 0.15) is 0 Å². The van der Waals surface area contributed by atoms with Crippen LogP contribution in [-0.2, 0) is 5.41 Å². The number of rotatable bonds is 2. The molecule has 1 atom stereocenters. The summed E-state index contributed by atoms with van der Waals surface area (Å²) >= 11 is 3.37. The number of benzene rings is 1. The topological polar surface area (TPSA) is 23.8 Å². The van der Waals surface area contributed by atoms with E-state index in [9.17, 15) is 0 Å². The van der Waals surface area contributed by atoms with Gasteiger partial charge in [0, 0.05) is 4.47 Å². The van der Waals surface area contributed by atoms with Crippen molar-refractivity contribution in [3.63, 3.8) is 0 Å². The SMILES string of the molecule is CC[C@@](C)(C#N)c1ccc(Br)cc1. The van der Waals surface area contributed by atoms with Crippen molar-refractivity contribution >= 4 is 15.9 Å². The lowest BCUT2D eigenvalue weighted by Crippen LogP contribution is -2.17. The summed E-state index contributed by atoms with van der Waals surface area (Å²) in [5, 5.41) is 9.05. The van der Waals surface area contributed by atoms with E-state index in [1.54, 1.807) is 0 Å². The highest BCUT2D eigenvalue weighted by atomic mass is 79.9. The molecule has 0 unspecified atom stereocenters. The molecule has 13 heavy (non-hydrogen) atoms. The van der Waals surface area contributed by atoms with Crippen molar-refractivity contribution in [3.05, 3.63) is 34.3 Å². The second-order valence-corrected chi connectivity index (χ2v) is 4.22. The molecule has 0 bridgehead atoms. The normalized spacial score (nSPS) is 14.6. The molecule has 0 N–H and O–H groups in total. The van der Waals surface area contributed by atoms with Crippen LogP contribution in [0.3, 0.4) is 0 Å². The van der Waals surface area contributed by atoms with Crippen LogP contribution in [0, 0.1) is 11.3 Å². The second-order valence-electron chi connectivity index (χ2n) is 3.30. The van der Waals surface area contributed by atoms with Crippen molar-refractivity contribution in [1.82, 2.24) is 0 Å². The highest BCUT2D eigenvalue weighted by Crippen LogP contribution is 2.27. The summed E-state index contributed by atoms with van der Waals surface area (Å²) < 4.78 is 1.05. The Labute approximate surface area is 87.5 Å². The molecule has 0 spiro atoms. The fourth-order valence-electron chi connectivity index (χ4n) is 1.17. The van der Waals surface area contributed by atoms with Gasteiger partial charge in [-0.2, -0.15) is 5.26 Å². The molecule has 0 aliphatic heterocycles. The Bertz CT molecular complexity index is 323. The van der Waals surface area contributed by atoms with Crippen molar-refractivity contribution in [2.45, 2.75) is 25.7 Å². The minimum atomic E-state index is -0.347. The summed E-state index contributed by atoms with van der Waals surface area (Å²) in [5.74, 6) is 0. The van der Waals surface area contributed by atoms with E-state index in [0.29, 0.717) is 0 Å². The van der Waals surface area contributed by atoms with E-state index < -0.39 is 0 Å². The lowest BCUT2D eigenvalue weighted by molar-refractivity contribution is 0.587. The van der Waals surface area contributed by atoms with Crippen LogP contribution in [0.4, 0.5) is 0 Å². The van der Waals surface area contributed by atoms with Gasteiger partial charge in [-0.05, 0) is 31.0 Å². The molecule has 1 rings (SSSR count). The molecule has 1 nitrogen and oxygen atoms in total. The molecule has 0 radical (unpaired) electrons. The van der Waals surface area contributed by atoms with E-state index in [1.165, 1.54) is 0 Å². The van der Waals surface area contributed by atoms with Crippen LogP contribution in [0.15, 0.2) is 28.7 Å². The average Bonchev–Trinajstić information content (AvgIpc) is 2.18. The molecule has 1 aromatic rings. The van der Waals surface area contributed by atoms with Gasteiger partial charge in [0.2, 0.25) is 0 Å². The van der Waals surface area contributed by atoms with Gasteiger partial charge in [-0.1, -0.05) is 35.0 Å². The van der Waals surface area contributed by atoms with E-state index in [4.69, 9.17) is 5.26 Å². The van der Waals surface area contributed by atoms with Gasteiger partial charge in [0.15, 0.2) is 0 Å². The van der Waals surface area contributed by atoms with Crippen LogP contribution in [-0.4, -0.2) is 0 Å². The van der Waals surface area contributed by atoms with Gasteiger partial charge in [-0.15, -0.1) is 0 Å². The molecular weight excluding hydrogens is 226 g/mol. The van der Waals surface area contributed by atoms with Crippen LogP contribution in [0.1, 0.15) is 25.8 Å². The first-order valence-corrected chi connectivity index (χ1v) is 5.09. The third kappa shape index (κ3) is 2.10. The van der Waals surface area contributed by atoms with Crippen LogP contribution < -0.4 is 0 Å². The number of nitriles is 1. The van der Waals surface area contributed by atoms with Crippen LogP contribution in [0.25, 0.3) is 0 Å². The van der Waals surface area contributed by atoms with Crippen LogP contribution in [0.5, 0.6) is 0 Å². The Morgan fingerprint density at radius 1 is 1.38 bits per heavy atom. The molecule has 68 valence electrons. The Kier molecular flexibility index (Phi) is 3.11. The minimum Gasteiger partial charge on any atom is -0.197 e. The first kappa shape index (κ1) is 10.3. The summed E-state index contributed by atoms with van der Waals surface area (Å²) in [6, 6.07) is 10.3. The van der Waals surface area contributed by atoms with Gasteiger partial charge in [0.05, 0.1) is 11.5 Å². The zero-order valence-electron chi connectivity index (χ0n) is 7.84. The molecule has 0 aliphatic carbocycles. The molecule has 0 heterocycles. The minimum absolute atomic E-state index is 0.347. The van der Waals surface area contributed by atoms with Crippen molar-refractivity contribution in [2.24, 2.45) is 0 Å². The number of nitrogens with zero attached hydrogens (tertiary/aromatic N) is 1. The van der Waals surface area contributed by atoms with E-state index in [2.05, 4.69) is 22.0 Å². The smallest absolute Gasteiger partial charge is 0.0791 e. The van der Waals surface area contributed by atoms with E-state index >= 15 is 0 Å². The van der Waals surface area contributed by atoms with Gasteiger partial charge in [-0.3, -0.25) is 0 Å². The third-order valence-electron chi connectivity index (χ3n) is 2.44. The first-order chi connectivity index (χ1) is 6.12. The van der Waals surface area contributed by atoms with Crippen molar-refractivity contribution < 1.29 is 0 Å². The maximum Gasteiger partial charge on any atom is 0.0791 e. The van der Waals surface area contributed by atoms with E-state index in [1.807, 2.05) is 38.1 Å². The van der Waals surface area contributed by atoms with Crippen LogP contribution in [0.2, 0.25) is 0 Å². The van der Waals surface area contributed by atoms with Crippen molar-refractivity contribution in [1.29, 1.82) is 5.26 Å². The van der Waals surface area contributed by atoms with Gasteiger partial charge >= 0.3 is 0 Å². The maximum atomic E-state index is 9.05. The summed E-state index contributed by atoms with van der Waals surface area (Å²) in [7, 11) is 0. The first-order valence-electron chi connectivity index (χ1n) is 4.29. The zero-order valence-corrected chi connectivity index (χ0v) is 9.43. The van der Waals surface area contributed by atoms with Gasteiger partial charge in [-0.25, -0.2) is 0 Å². The largest absolute Gasteiger partial charge is 0.197 e. The monoisotopic (exact) mass is 237 g/mol. The third-order valence-corrected chi connectivity index (χ3v) is 2.96. The molecule has 0 aliphatic rings. The summed E-state index contributed by atoms with van der Waals surface area (Å²) in [4.78, 5) is 0. The molecule has 0 aromatic heterocycles. The fraction of sp³-hybridized carbons (Fsp3) is 0.364. The van der Waals surface area contributed by atoms with E-state index in [-0.39, 0.29) is 5.41 Å². The van der Waals surface area contributed by atoms with Gasteiger partial charge < -0.3 is 0 Å². The number of hydrogen-bond acceptors (Lipinski definition) is 1. The highest BCUT2D eigenvalue weighted by Gasteiger charge is 2.23. The Balaban J connectivity index is 3.08. The van der Waals surface area contributed by atoms with Gasteiger partial charge in [0.25, 0.3) is 0 Å². The molecule has 2 heteroatoms. The van der Waals surface area contributed by atoms with Crippen molar-refractivity contribution in [3.8, 4) is 6.07 Å². The quantitative estimate of drug-likeness (QED) is 0.771. The standard InChI is InChI=1S/C11H12BrN/c1-3-11(2,8-13)9-4-6-10(12)7-5-9/h4-7H,3H2,1-2H3/t11-/m0/s1. The zero-order chi connectivity index (χ0) is 9.90. The summed E-state index contributed by atoms with van der Waals surface area (Å²) in [6.07, 6.45) is 0.838. The molecule has 0 saturated carbocycles. The number of halogens is 1. The molecular formula is C11H12BrN. The summed E-state index contributed by atoms with van der Waals surface area (Å²) in [5.41, 5.74) is 0.737. The molecule has 0 saturated heterocycles. The molecule has 1 aromatic carbocycles. The fourth-order valence-corrected chi connectivity index (χ4v) is 1.43. The van der Waals surface area contributed by atoms with Crippen LogP contribution >= 0.6 is 15.9 Å². The maximum absolute atomic E-state index is 9.05. The summed E-state index contributed by atoms with van der Waals surface area (Å²) in [6.45, 7) is 4.00. The molecule has 0 amide bonds. The molecule has 0 fully saturated rings.